The van der Waals surface area contributed by atoms with Crippen LogP contribution in [0.15, 0.2) is 12.7 Å². The lowest BCUT2D eigenvalue weighted by Crippen LogP contribution is -2.24. The molecule has 3 nitrogen and oxygen atoms in total. The number of carbonyl (C=O) groups is 1. The number of rotatable bonds is 6. The van der Waals surface area contributed by atoms with Gasteiger partial charge in [-0.15, -0.1) is 6.58 Å². The molecule has 0 aliphatic rings. The van der Waals surface area contributed by atoms with Gasteiger partial charge in [-0.3, -0.25) is 0 Å². The molecule has 0 heterocycles. The molecule has 0 fully saturated rings. The zero-order valence-electron chi connectivity index (χ0n) is 8.58. The summed E-state index contributed by atoms with van der Waals surface area (Å²) in [6.45, 7) is 7.92. The van der Waals surface area contributed by atoms with Crippen molar-refractivity contribution in [2.24, 2.45) is 5.92 Å². The monoisotopic (exact) mass is 186 g/mol. The Morgan fingerprint density at radius 2 is 2.15 bits per heavy atom. The van der Waals surface area contributed by atoms with E-state index in [1.807, 2.05) is 13.0 Å². The van der Waals surface area contributed by atoms with Gasteiger partial charge in [0.25, 0.3) is 0 Å². The van der Waals surface area contributed by atoms with Crippen molar-refractivity contribution in [1.82, 2.24) is 0 Å². The molecule has 0 saturated heterocycles. The number of ether oxygens (including phenoxy) is 2. The van der Waals surface area contributed by atoms with Crippen molar-refractivity contribution in [3.8, 4) is 0 Å². The summed E-state index contributed by atoms with van der Waals surface area (Å²) >= 11 is 0. The molecule has 0 aromatic heterocycles. The largest absolute Gasteiger partial charge is 0.467 e. The van der Waals surface area contributed by atoms with Crippen molar-refractivity contribution in [3.05, 3.63) is 12.7 Å². The van der Waals surface area contributed by atoms with Crippen molar-refractivity contribution in [3.63, 3.8) is 0 Å². The molecule has 3 heteroatoms. The molecule has 0 aromatic carbocycles. The van der Waals surface area contributed by atoms with Crippen molar-refractivity contribution < 1.29 is 14.3 Å². The van der Waals surface area contributed by atoms with E-state index in [4.69, 9.17) is 4.74 Å². The molecule has 0 N–H and O–H groups in total. The van der Waals surface area contributed by atoms with Crippen LogP contribution in [-0.4, -0.2) is 25.8 Å². The van der Waals surface area contributed by atoms with Gasteiger partial charge >= 0.3 is 5.97 Å². The fourth-order valence-corrected chi connectivity index (χ4v) is 0.895. The first-order valence-electron chi connectivity index (χ1n) is 4.42. The minimum atomic E-state index is -0.475. The number of methoxy groups -OCH3 is 1. The maximum absolute atomic E-state index is 10.9. The van der Waals surface area contributed by atoms with Crippen molar-refractivity contribution in [2.45, 2.75) is 26.4 Å². The zero-order chi connectivity index (χ0) is 10.3. The molecule has 2 unspecified atom stereocenters. The Hall–Kier alpha value is -0.830. The lowest BCUT2D eigenvalue weighted by Gasteiger charge is -2.13. The van der Waals surface area contributed by atoms with E-state index in [0.717, 1.165) is 6.42 Å². The van der Waals surface area contributed by atoms with E-state index in [9.17, 15) is 4.79 Å². The second-order valence-electron chi connectivity index (χ2n) is 3.13. The van der Waals surface area contributed by atoms with Crippen LogP contribution in [0.3, 0.4) is 0 Å². The van der Waals surface area contributed by atoms with E-state index in [1.54, 1.807) is 6.92 Å². The van der Waals surface area contributed by atoms with Crippen molar-refractivity contribution in [1.29, 1.82) is 0 Å². The van der Waals surface area contributed by atoms with Gasteiger partial charge in [-0.2, -0.15) is 0 Å². The Kier molecular flexibility index (Phi) is 6.24. The number of hydrogen-bond donors (Lipinski definition) is 0. The lowest BCUT2D eigenvalue weighted by molar-refractivity contribution is -0.153. The Bertz CT molecular complexity index is 166. The summed E-state index contributed by atoms with van der Waals surface area (Å²) in [4.78, 5) is 10.9. The molecule has 0 rings (SSSR count). The van der Waals surface area contributed by atoms with E-state index < -0.39 is 6.10 Å². The van der Waals surface area contributed by atoms with E-state index in [2.05, 4.69) is 11.3 Å². The minimum absolute atomic E-state index is 0.328. The highest BCUT2D eigenvalue weighted by molar-refractivity contribution is 5.73. The maximum atomic E-state index is 10.9. The van der Waals surface area contributed by atoms with Crippen molar-refractivity contribution in [2.75, 3.05) is 13.7 Å². The normalized spacial score (nSPS) is 14.7. The second kappa shape index (κ2) is 6.66. The van der Waals surface area contributed by atoms with Crippen LogP contribution in [0.25, 0.3) is 0 Å². The standard InChI is InChI=1S/C10H18O3/c1-5-6-8(2)7-13-9(3)10(11)12-4/h5,8-9H,1,6-7H2,2-4H3. The highest BCUT2D eigenvalue weighted by atomic mass is 16.6. The van der Waals surface area contributed by atoms with E-state index in [1.165, 1.54) is 7.11 Å². The molecule has 13 heavy (non-hydrogen) atoms. The van der Waals surface area contributed by atoms with Gasteiger partial charge < -0.3 is 9.47 Å². The van der Waals surface area contributed by atoms with E-state index in [0.29, 0.717) is 12.5 Å². The molecule has 76 valence electrons. The molecular weight excluding hydrogens is 168 g/mol. The molecule has 2 atom stereocenters. The smallest absolute Gasteiger partial charge is 0.334 e. The summed E-state index contributed by atoms with van der Waals surface area (Å²) in [6, 6.07) is 0. The van der Waals surface area contributed by atoms with Gasteiger partial charge in [0.05, 0.1) is 13.7 Å². The molecule has 0 aliphatic carbocycles. The summed E-state index contributed by atoms with van der Waals surface area (Å²) in [5.74, 6) is 0.0652. The quantitative estimate of drug-likeness (QED) is 0.468. The summed E-state index contributed by atoms with van der Waals surface area (Å²) in [5, 5.41) is 0. The Balaban J connectivity index is 3.62. The molecule has 0 bridgehead atoms. The topological polar surface area (TPSA) is 35.5 Å². The van der Waals surface area contributed by atoms with Crippen LogP contribution in [0, 0.1) is 5.92 Å². The molecule has 0 radical (unpaired) electrons. The number of carbonyl (C=O) groups excluding carboxylic acids is 1. The first kappa shape index (κ1) is 12.2. The highest BCUT2D eigenvalue weighted by Crippen LogP contribution is 2.05. The Morgan fingerprint density at radius 1 is 1.54 bits per heavy atom. The van der Waals surface area contributed by atoms with Gasteiger partial charge in [0.1, 0.15) is 0 Å². The van der Waals surface area contributed by atoms with E-state index in [-0.39, 0.29) is 5.97 Å². The summed E-state index contributed by atoms with van der Waals surface area (Å²) in [5.41, 5.74) is 0. The van der Waals surface area contributed by atoms with Crippen LogP contribution >= 0.6 is 0 Å². The predicted octanol–water partition coefficient (Wildman–Crippen LogP) is 1.78. The predicted molar refractivity (Wildman–Crippen MR) is 51.4 cm³/mol. The summed E-state index contributed by atoms with van der Waals surface area (Å²) in [7, 11) is 1.36. The zero-order valence-corrected chi connectivity index (χ0v) is 8.58. The first-order chi connectivity index (χ1) is 6.11. The lowest BCUT2D eigenvalue weighted by atomic mass is 10.1. The third-order valence-electron chi connectivity index (χ3n) is 1.73. The van der Waals surface area contributed by atoms with Gasteiger partial charge in [-0.25, -0.2) is 4.79 Å². The Labute approximate surface area is 79.7 Å². The van der Waals surface area contributed by atoms with Crippen LogP contribution in [0.1, 0.15) is 20.3 Å². The number of allylic oxidation sites excluding steroid dienone is 1. The van der Waals surface area contributed by atoms with Crippen LogP contribution in [-0.2, 0) is 14.3 Å². The summed E-state index contributed by atoms with van der Waals surface area (Å²) < 4.78 is 9.81. The molecule has 0 amide bonds. The van der Waals surface area contributed by atoms with Crippen LogP contribution in [0.4, 0.5) is 0 Å². The second-order valence-corrected chi connectivity index (χ2v) is 3.13. The fourth-order valence-electron chi connectivity index (χ4n) is 0.895. The third-order valence-corrected chi connectivity index (χ3v) is 1.73. The van der Waals surface area contributed by atoms with Crippen LogP contribution in [0.2, 0.25) is 0 Å². The third kappa shape index (κ3) is 5.42. The van der Waals surface area contributed by atoms with E-state index >= 15 is 0 Å². The summed E-state index contributed by atoms with van der Waals surface area (Å²) in [6.07, 6.45) is 2.27. The fraction of sp³-hybridized carbons (Fsp3) is 0.700. The SMILES string of the molecule is C=CCC(C)COC(C)C(=O)OC. The number of hydrogen-bond acceptors (Lipinski definition) is 3. The van der Waals surface area contributed by atoms with Gasteiger partial charge in [0, 0.05) is 0 Å². The maximum Gasteiger partial charge on any atom is 0.334 e. The van der Waals surface area contributed by atoms with Gasteiger partial charge in [-0.1, -0.05) is 13.0 Å². The molecule has 0 saturated carbocycles. The Morgan fingerprint density at radius 3 is 2.62 bits per heavy atom. The van der Waals surface area contributed by atoms with Crippen molar-refractivity contribution >= 4 is 5.97 Å². The molecular formula is C10H18O3. The van der Waals surface area contributed by atoms with Crippen LogP contribution < -0.4 is 0 Å². The molecule has 0 aromatic rings. The average Bonchev–Trinajstić information content (AvgIpc) is 2.13. The van der Waals surface area contributed by atoms with Gasteiger partial charge in [-0.05, 0) is 19.3 Å². The van der Waals surface area contributed by atoms with Crippen LogP contribution in [0.5, 0.6) is 0 Å². The number of esters is 1. The average molecular weight is 186 g/mol. The molecule has 0 spiro atoms. The van der Waals surface area contributed by atoms with Gasteiger partial charge in [0.15, 0.2) is 6.10 Å². The molecule has 0 aliphatic heterocycles. The first-order valence-corrected chi connectivity index (χ1v) is 4.42. The highest BCUT2D eigenvalue weighted by Gasteiger charge is 2.14. The van der Waals surface area contributed by atoms with Gasteiger partial charge in [0.2, 0.25) is 0 Å². The minimum Gasteiger partial charge on any atom is -0.467 e.